The van der Waals surface area contributed by atoms with Crippen LogP contribution in [0.25, 0.3) is 0 Å². The van der Waals surface area contributed by atoms with Crippen LogP contribution >= 0.6 is 0 Å². The van der Waals surface area contributed by atoms with Crippen molar-refractivity contribution >= 4 is 23.2 Å². The summed E-state index contributed by atoms with van der Waals surface area (Å²) in [5.74, 6) is -0.252. The molecule has 3 N–H and O–H groups in total. The average molecular weight is 319 g/mol. The van der Waals surface area contributed by atoms with E-state index in [0.717, 1.165) is 12.1 Å². The molecule has 0 radical (unpaired) electrons. The highest BCUT2D eigenvalue weighted by atomic mass is 16.5. The summed E-state index contributed by atoms with van der Waals surface area (Å²) in [6, 6.07) is 5.47. The van der Waals surface area contributed by atoms with Crippen LogP contribution in [0.2, 0.25) is 0 Å². The van der Waals surface area contributed by atoms with Crippen LogP contribution in [0.5, 0.6) is 0 Å². The summed E-state index contributed by atoms with van der Waals surface area (Å²) in [5, 5.41) is 8.87. The lowest BCUT2D eigenvalue weighted by atomic mass is 9.95. The molecule has 1 aliphatic rings. The molecule has 0 aromatic heterocycles. The van der Waals surface area contributed by atoms with E-state index >= 15 is 0 Å². The van der Waals surface area contributed by atoms with E-state index in [0.29, 0.717) is 24.5 Å². The number of ether oxygens (including phenoxy) is 1. The van der Waals surface area contributed by atoms with Crippen LogP contribution in [0.4, 0.5) is 11.4 Å². The zero-order chi connectivity index (χ0) is 17.0. The van der Waals surface area contributed by atoms with Gasteiger partial charge in [0, 0.05) is 29.9 Å². The molecule has 0 spiro atoms. The normalized spacial score (nSPS) is 18.3. The highest BCUT2D eigenvalue weighted by Gasteiger charge is 2.23. The van der Waals surface area contributed by atoms with Crippen molar-refractivity contribution in [1.29, 1.82) is 0 Å². The van der Waals surface area contributed by atoms with Crippen molar-refractivity contribution in [1.82, 2.24) is 5.32 Å². The highest BCUT2D eigenvalue weighted by Crippen LogP contribution is 2.23. The number of amides is 2. The Morgan fingerprint density at radius 2 is 2.00 bits per heavy atom. The van der Waals surface area contributed by atoms with Crippen LogP contribution in [0.15, 0.2) is 18.2 Å². The first-order valence-electron chi connectivity index (χ1n) is 7.82. The first kappa shape index (κ1) is 17.4. The van der Waals surface area contributed by atoms with Gasteiger partial charge in [-0.25, -0.2) is 0 Å². The summed E-state index contributed by atoms with van der Waals surface area (Å²) >= 11 is 0. The largest absolute Gasteiger partial charge is 0.366 e. The molecule has 1 unspecified atom stereocenters. The Morgan fingerprint density at radius 3 is 2.61 bits per heavy atom. The van der Waals surface area contributed by atoms with E-state index in [4.69, 9.17) is 4.74 Å². The van der Waals surface area contributed by atoms with Crippen LogP contribution < -0.4 is 16.0 Å². The lowest BCUT2D eigenvalue weighted by Gasteiger charge is -2.23. The molecule has 1 aromatic carbocycles. The predicted octanol–water partition coefficient (Wildman–Crippen LogP) is 1.91. The molecular weight excluding hydrogens is 294 g/mol. The molecule has 1 heterocycles. The summed E-state index contributed by atoms with van der Waals surface area (Å²) in [4.78, 5) is 24.3. The molecule has 2 amide bonds. The van der Waals surface area contributed by atoms with Gasteiger partial charge in [-0.1, -0.05) is 26.8 Å². The lowest BCUT2D eigenvalue weighted by molar-refractivity contribution is -0.128. The number of morpholine rings is 1. The van der Waals surface area contributed by atoms with E-state index < -0.39 is 11.5 Å². The van der Waals surface area contributed by atoms with Crippen LogP contribution in [-0.4, -0.2) is 37.6 Å². The van der Waals surface area contributed by atoms with Crippen molar-refractivity contribution in [3.63, 3.8) is 0 Å². The van der Waals surface area contributed by atoms with Gasteiger partial charge in [-0.05, 0) is 24.6 Å². The first-order chi connectivity index (χ1) is 10.8. The fourth-order valence-electron chi connectivity index (χ4n) is 2.10. The Morgan fingerprint density at radius 1 is 1.26 bits per heavy atom. The van der Waals surface area contributed by atoms with E-state index in [2.05, 4.69) is 16.0 Å². The maximum absolute atomic E-state index is 12.2. The molecule has 1 fully saturated rings. The van der Waals surface area contributed by atoms with Gasteiger partial charge in [-0.2, -0.15) is 0 Å². The maximum Gasteiger partial charge on any atom is 0.254 e. The van der Waals surface area contributed by atoms with Crippen molar-refractivity contribution in [3.05, 3.63) is 23.8 Å². The van der Waals surface area contributed by atoms with Gasteiger partial charge in [0.15, 0.2) is 0 Å². The van der Waals surface area contributed by atoms with Gasteiger partial charge in [0.1, 0.15) is 6.10 Å². The van der Waals surface area contributed by atoms with Gasteiger partial charge in [0.05, 0.1) is 6.61 Å². The Bertz CT molecular complexity index is 587. The molecule has 126 valence electrons. The monoisotopic (exact) mass is 319 g/mol. The second-order valence-electron chi connectivity index (χ2n) is 6.79. The van der Waals surface area contributed by atoms with Crippen LogP contribution in [0, 0.1) is 12.3 Å². The molecular formula is C17H25N3O3. The predicted molar refractivity (Wildman–Crippen MR) is 90.5 cm³/mol. The van der Waals surface area contributed by atoms with Gasteiger partial charge >= 0.3 is 0 Å². The lowest BCUT2D eigenvalue weighted by Crippen LogP contribution is -2.45. The highest BCUT2D eigenvalue weighted by molar-refractivity contribution is 5.98. The quantitative estimate of drug-likeness (QED) is 0.795. The summed E-state index contributed by atoms with van der Waals surface area (Å²) in [5.41, 5.74) is 1.79. The zero-order valence-corrected chi connectivity index (χ0v) is 14.2. The Hall–Kier alpha value is -1.92. The number of carbonyl (C=O) groups excluding carboxylic acids is 2. The number of anilines is 2. The maximum atomic E-state index is 12.2. The molecule has 0 saturated carbocycles. The van der Waals surface area contributed by atoms with E-state index in [1.54, 1.807) is 6.07 Å². The number of rotatable bonds is 3. The van der Waals surface area contributed by atoms with Crippen molar-refractivity contribution in [2.75, 3.05) is 30.3 Å². The molecule has 1 atom stereocenters. The third kappa shape index (κ3) is 4.77. The van der Waals surface area contributed by atoms with E-state index in [-0.39, 0.29) is 11.8 Å². The number of carbonyl (C=O) groups is 2. The number of aryl methyl sites for hydroxylation is 1. The van der Waals surface area contributed by atoms with E-state index in [1.165, 1.54) is 0 Å². The van der Waals surface area contributed by atoms with Crippen LogP contribution in [-0.2, 0) is 14.3 Å². The third-order valence-corrected chi connectivity index (χ3v) is 3.65. The van der Waals surface area contributed by atoms with Gasteiger partial charge in [0.2, 0.25) is 5.91 Å². The summed E-state index contributed by atoms with van der Waals surface area (Å²) in [6.07, 6.45) is -0.490. The SMILES string of the molecule is Cc1ccc(NC(=O)C(C)(C)C)cc1NC(=O)C1CNCCO1. The fraction of sp³-hybridized carbons (Fsp3) is 0.529. The van der Waals surface area contributed by atoms with E-state index in [9.17, 15) is 9.59 Å². The molecule has 1 saturated heterocycles. The van der Waals surface area contributed by atoms with Crippen molar-refractivity contribution in [2.45, 2.75) is 33.8 Å². The minimum absolute atomic E-state index is 0.0709. The molecule has 1 aliphatic heterocycles. The Labute approximate surface area is 137 Å². The minimum atomic E-state index is -0.490. The first-order valence-corrected chi connectivity index (χ1v) is 7.82. The van der Waals surface area contributed by atoms with Gasteiger partial charge < -0.3 is 20.7 Å². The molecule has 23 heavy (non-hydrogen) atoms. The van der Waals surface area contributed by atoms with Crippen LogP contribution in [0.1, 0.15) is 26.3 Å². The van der Waals surface area contributed by atoms with Crippen LogP contribution in [0.3, 0.4) is 0 Å². The van der Waals surface area contributed by atoms with Crippen molar-refractivity contribution in [2.24, 2.45) is 5.41 Å². The second-order valence-corrected chi connectivity index (χ2v) is 6.79. The summed E-state index contributed by atoms with van der Waals surface area (Å²) in [7, 11) is 0. The second kappa shape index (κ2) is 7.10. The van der Waals surface area contributed by atoms with Gasteiger partial charge in [-0.3, -0.25) is 9.59 Å². The van der Waals surface area contributed by atoms with E-state index in [1.807, 2.05) is 39.8 Å². The Balaban J connectivity index is 2.08. The molecule has 0 aliphatic carbocycles. The molecule has 6 nitrogen and oxygen atoms in total. The van der Waals surface area contributed by atoms with Gasteiger partial charge in [0.25, 0.3) is 5.91 Å². The zero-order valence-electron chi connectivity index (χ0n) is 14.2. The third-order valence-electron chi connectivity index (χ3n) is 3.65. The smallest absolute Gasteiger partial charge is 0.254 e. The number of hydrogen-bond donors (Lipinski definition) is 3. The van der Waals surface area contributed by atoms with Gasteiger partial charge in [-0.15, -0.1) is 0 Å². The standard InChI is InChI=1S/C17H25N3O3/c1-11-5-6-12(19-16(22)17(2,3)4)9-13(11)20-15(21)14-10-18-7-8-23-14/h5-6,9,14,18H,7-8,10H2,1-4H3,(H,19,22)(H,20,21). The minimum Gasteiger partial charge on any atom is -0.366 e. The summed E-state index contributed by atoms with van der Waals surface area (Å²) < 4.78 is 5.45. The molecule has 6 heteroatoms. The molecule has 1 aromatic rings. The number of nitrogens with one attached hydrogen (secondary N) is 3. The Kier molecular flexibility index (Phi) is 5.38. The van der Waals surface area contributed by atoms with Crippen molar-refractivity contribution < 1.29 is 14.3 Å². The summed E-state index contributed by atoms with van der Waals surface area (Å²) in [6.45, 7) is 9.26. The fourth-order valence-corrected chi connectivity index (χ4v) is 2.10. The number of hydrogen-bond acceptors (Lipinski definition) is 4. The molecule has 0 bridgehead atoms. The van der Waals surface area contributed by atoms with Crippen molar-refractivity contribution in [3.8, 4) is 0 Å². The molecule has 2 rings (SSSR count). The average Bonchev–Trinajstić information content (AvgIpc) is 2.50. The topological polar surface area (TPSA) is 79.5 Å². The number of benzene rings is 1.